The lowest BCUT2D eigenvalue weighted by molar-refractivity contribution is 0.177. The summed E-state index contributed by atoms with van der Waals surface area (Å²) in [7, 11) is 1.87. The number of rotatable bonds is 5. The van der Waals surface area contributed by atoms with Crippen LogP contribution in [0.1, 0.15) is 0 Å². The Balaban J connectivity index is 2.62. The largest absolute Gasteiger partial charge is 0.375 e. The number of ether oxygens (including phenoxy) is 1. The Morgan fingerprint density at radius 3 is 3.00 bits per heavy atom. The van der Waals surface area contributed by atoms with E-state index in [4.69, 9.17) is 10.1 Å². The molecule has 0 amide bonds. The van der Waals surface area contributed by atoms with Crippen LogP contribution in [0.2, 0.25) is 0 Å². The lowest BCUT2D eigenvalue weighted by Crippen LogP contribution is -2.14. The second-order valence-electron chi connectivity index (χ2n) is 1.38. The zero-order chi connectivity index (χ0) is 6.24. The van der Waals surface area contributed by atoms with Gasteiger partial charge >= 0.3 is 0 Å². The van der Waals surface area contributed by atoms with Crippen LogP contribution in [0, 0.1) is 5.41 Å². The first-order chi connectivity index (χ1) is 3.91. The highest BCUT2D eigenvalue weighted by molar-refractivity contribution is 5.53. The van der Waals surface area contributed by atoms with Crippen LogP contribution >= 0.6 is 0 Å². The van der Waals surface area contributed by atoms with Gasteiger partial charge in [0.15, 0.2) is 0 Å². The Morgan fingerprint density at radius 2 is 2.50 bits per heavy atom. The van der Waals surface area contributed by atoms with Crippen molar-refractivity contribution in [2.45, 2.75) is 0 Å². The first-order valence-corrected chi connectivity index (χ1v) is 2.63. The van der Waals surface area contributed by atoms with Gasteiger partial charge in [0.2, 0.25) is 0 Å². The predicted molar refractivity (Wildman–Crippen MR) is 33.5 cm³/mol. The summed E-state index contributed by atoms with van der Waals surface area (Å²) in [6, 6.07) is 0. The van der Waals surface area contributed by atoms with Crippen LogP contribution in [-0.2, 0) is 4.74 Å². The molecule has 48 valence electrons. The maximum absolute atomic E-state index is 6.57. The lowest BCUT2D eigenvalue weighted by atomic mass is 10.7. The molecule has 0 atom stereocenters. The van der Waals surface area contributed by atoms with E-state index in [1.54, 1.807) is 0 Å². The number of likely N-dealkylation sites (N-methyl/N-ethyl adjacent to an activating group) is 1. The van der Waals surface area contributed by atoms with Crippen molar-refractivity contribution < 1.29 is 4.74 Å². The van der Waals surface area contributed by atoms with E-state index in [2.05, 4.69) is 5.32 Å². The number of nitrogens with one attached hydrogen (secondary N) is 2. The van der Waals surface area contributed by atoms with Crippen LogP contribution in [0.25, 0.3) is 0 Å². The molecule has 0 aliphatic heterocycles. The van der Waals surface area contributed by atoms with Crippen molar-refractivity contribution in [3.8, 4) is 0 Å². The van der Waals surface area contributed by atoms with Gasteiger partial charge in [-0.05, 0) is 7.05 Å². The van der Waals surface area contributed by atoms with E-state index in [-0.39, 0.29) is 0 Å². The second-order valence-corrected chi connectivity index (χ2v) is 1.38. The van der Waals surface area contributed by atoms with Crippen molar-refractivity contribution in [1.82, 2.24) is 5.32 Å². The van der Waals surface area contributed by atoms with Gasteiger partial charge in [0.25, 0.3) is 0 Å². The molecule has 0 aliphatic carbocycles. The van der Waals surface area contributed by atoms with Crippen molar-refractivity contribution in [3.05, 3.63) is 0 Å². The van der Waals surface area contributed by atoms with Crippen molar-refractivity contribution in [2.24, 2.45) is 0 Å². The predicted octanol–water partition coefficient (Wildman–Crippen LogP) is -0.128. The lowest BCUT2D eigenvalue weighted by Gasteiger charge is -1.96. The van der Waals surface area contributed by atoms with Crippen LogP contribution in [-0.4, -0.2) is 33.0 Å². The zero-order valence-electron chi connectivity index (χ0n) is 5.11. The molecule has 8 heavy (non-hydrogen) atoms. The molecule has 0 spiro atoms. The van der Waals surface area contributed by atoms with Gasteiger partial charge in [-0.2, -0.15) is 0 Å². The SMILES string of the molecule is CNCCOCC=N. The molecular weight excluding hydrogens is 104 g/mol. The molecule has 0 aliphatic rings. The molecule has 0 bridgehead atoms. The van der Waals surface area contributed by atoms with E-state index >= 15 is 0 Å². The summed E-state index contributed by atoms with van der Waals surface area (Å²) in [4.78, 5) is 0. The van der Waals surface area contributed by atoms with Gasteiger partial charge in [-0.3, -0.25) is 0 Å². The molecule has 3 nitrogen and oxygen atoms in total. The van der Waals surface area contributed by atoms with Crippen LogP contribution < -0.4 is 5.32 Å². The Labute approximate surface area is 49.5 Å². The van der Waals surface area contributed by atoms with E-state index in [0.29, 0.717) is 13.2 Å². The molecule has 0 saturated carbocycles. The van der Waals surface area contributed by atoms with Crippen molar-refractivity contribution in [2.75, 3.05) is 26.8 Å². The van der Waals surface area contributed by atoms with Gasteiger partial charge < -0.3 is 15.5 Å². The third-order valence-electron chi connectivity index (χ3n) is 0.698. The van der Waals surface area contributed by atoms with Crippen LogP contribution in [0.3, 0.4) is 0 Å². The summed E-state index contributed by atoms with van der Waals surface area (Å²) in [6.07, 6.45) is 1.25. The molecule has 0 radical (unpaired) electrons. The smallest absolute Gasteiger partial charge is 0.0812 e. The van der Waals surface area contributed by atoms with E-state index in [1.807, 2.05) is 7.05 Å². The number of hydrogen-bond acceptors (Lipinski definition) is 3. The van der Waals surface area contributed by atoms with Gasteiger partial charge in [0.05, 0.1) is 13.2 Å². The van der Waals surface area contributed by atoms with Crippen LogP contribution in [0.4, 0.5) is 0 Å². The topological polar surface area (TPSA) is 45.1 Å². The quantitative estimate of drug-likeness (QED) is 0.388. The molecule has 0 unspecified atom stereocenters. The molecule has 0 aromatic heterocycles. The maximum atomic E-state index is 6.57. The van der Waals surface area contributed by atoms with Gasteiger partial charge in [-0.25, -0.2) is 0 Å². The highest BCUT2D eigenvalue weighted by Crippen LogP contribution is 1.66. The minimum Gasteiger partial charge on any atom is -0.375 e. The second kappa shape index (κ2) is 6.59. The highest BCUT2D eigenvalue weighted by Gasteiger charge is 1.79. The molecule has 0 rings (SSSR count). The maximum Gasteiger partial charge on any atom is 0.0812 e. The standard InChI is InChI=1S/C5H12N2O/c1-7-3-5-8-4-2-6/h2,6-7H,3-5H2,1H3. The summed E-state index contributed by atoms with van der Waals surface area (Å²) >= 11 is 0. The van der Waals surface area contributed by atoms with E-state index in [9.17, 15) is 0 Å². The summed E-state index contributed by atoms with van der Waals surface area (Å²) < 4.78 is 4.92. The first kappa shape index (κ1) is 7.59. The summed E-state index contributed by atoms with van der Waals surface area (Å²) in [6.45, 7) is 1.97. The van der Waals surface area contributed by atoms with Crippen LogP contribution in [0.5, 0.6) is 0 Å². The Hall–Kier alpha value is -0.410. The molecule has 2 N–H and O–H groups in total. The van der Waals surface area contributed by atoms with Crippen molar-refractivity contribution in [3.63, 3.8) is 0 Å². The Morgan fingerprint density at radius 1 is 1.75 bits per heavy atom. The average molecular weight is 116 g/mol. The monoisotopic (exact) mass is 116 g/mol. The molecule has 0 aromatic carbocycles. The summed E-state index contributed by atoms with van der Waals surface area (Å²) in [5.74, 6) is 0. The normalized spacial score (nSPS) is 9.12. The minimum atomic E-state index is 0.432. The first-order valence-electron chi connectivity index (χ1n) is 2.63. The van der Waals surface area contributed by atoms with Gasteiger partial charge in [0, 0.05) is 12.8 Å². The molecule has 0 fully saturated rings. The Bertz CT molecular complexity index is 56.4. The van der Waals surface area contributed by atoms with Crippen LogP contribution in [0.15, 0.2) is 0 Å². The fraction of sp³-hybridized carbons (Fsp3) is 0.800. The van der Waals surface area contributed by atoms with Gasteiger partial charge in [-0.15, -0.1) is 0 Å². The molecular formula is C5H12N2O. The van der Waals surface area contributed by atoms with E-state index in [0.717, 1.165) is 6.54 Å². The zero-order valence-corrected chi connectivity index (χ0v) is 5.11. The third-order valence-corrected chi connectivity index (χ3v) is 0.698. The molecule has 0 heterocycles. The van der Waals surface area contributed by atoms with Gasteiger partial charge in [-0.1, -0.05) is 0 Å². The minimum absolute atomic E-state index is 0.432. The van der Waals surface area contributed by atoms with Crippen molar-refractivity contribution >= 4 is 6.21 Å². The molecule has 0 saturated heterocycles. The summed E-state index contributed by atoms with van der Waals surface area (Å²) in [5.41, 5.74) is 0. The third kappa shape index (κ3) is 5.59. The van der Waals surface area contributed by atoms with Crippen molar-refractivity contribution in [1.29, 1.82) is 5.41 Å². The Kier molecular flexibility index (Phi) is 6.25. The fourth-order valence-electron chi connectivity index (χ4n) is 0.316. The average Bonchev–Trinajstić information content (AvgIpc) is 1.81. The fourth-order valence-corrected chi connectivity index (χ4v) is 0.316. The molecule has 0 aromatic rings. The highest BCUT2D eigenvalue weighted by atomic mass is 16.5. The summed E-state index contributed by atoms with van der Waals surface area (Å²) in [5, 5.41) is 9.49. The van der Waals surface area contributed by atoms with E-state index < -0.39 is 0 Å². The molecule has 3 heteroatoms. The van der Waals surface area contributed by atoms with E-state index in [1.165, 1.54) is 6.21 Å². The van der Waals surface area contributed by atoms with Gasteiger partial charge in [0.1, 0.15) is 0 Å². The number of hydrogen-bond donors (Lipinski definition) is 2.